The monoisotopic (exact) mass is 529 g/mol. The van der Waals surface area contributed by atoms with Crippen LogP contribution in [0, 0.1) is 0 Å². The van der Waals surface area contributed by atoms with Crippen LogP contribution in [0.15, 0.2) is 60.9 Å². The molecule has 0 radical (unpaired) electrons. The molecule has 0 spiro atoms. The summed E-state index contributed by atoms with van der Waals surface area (Å²) in [6.07, 6.45) is 5.11. The lowest BCUT2D eigenvalue weighted by Crippen LogP contribution is -2.55. The molecule has 2 aromatic carbocycles. The van der Waals surface area contributed by atoms with E-state index in [2.05, 4.69) is 15.6 Å². The van der Waals surface area contributed by atoms with Gasteiger partial charge in [-0.05, 0) is 25.0 Å². The van der Waals surface area contributed by atoms with Crippen LogP contribution in [0.5, 0.6) is 0 Å². The van der Waals surface area contributed by atoms with Crippen LogP contribution in [-0.2, 0) is 11.3 Å². The van der Waals surface area contributed by atoms with Gasteiger partial charge in [0.25, 0.3) is 5.91 Å². The molecule has 2 fully saturated rings. The van der Waals surface area contributed by atoms with Crippen molar-refractivity contribution in [3.63, 3.8) is 0 Å². The van der Waals surface area contributed by atoms with Crippen LogP contribution in [0.25, 0.3) is 22.3 Å². The summed E-state index contributed by atoms with van der Waals surface area (Å²) in [5, 5.41) is 23.7. The number of amides is 1. The summed E-state index contributed by atoms with van der Waals surface area (Å²) in [5.74, 6) is -0.116. The first-order valence-electron chi connectivity index (χ1n) is 13.7. The van der Waals surface area contributed by atoms with Gasteiger partial charge in [0.15, 0.2) is 5.69 Å². The molecule has 0 unspecified atom stereocenters. The Balaban J connectivity index is 1.37. The number of aromatic nitrogens is 5. The van der Waals surface area contributed by atoms with Gasteiger partial charge < -0.3 is 24.6 Å². The van der Waals surface area contributed by atoms with Gasteiger partial charge in [-0.15, -0.1) is 5.10 Å². The number of rotatable bonds is 7. The summed E-state index contributed by atoms with van der Waals surface area (Å²) >= 11 is 0. The summed E-state index contributed by atoms with van der Waals surface area (Å²) in [5.41, 5.74) is 2.80. The molecule has 4 aromatic rings. The molecule has 3 heterocycles. The maximum atomic E-state index is 14.3. The van der Waals surface area contributed by atoms with Gasteiger partial charge in [-0.3, -0.25) is 4.79 Å². The second kappa shape index (κ2) is 10.9. The van der Waals surface area contributed by atoms with E-state index < -0.39 is 5.60 Å². The molecule has 2 N–H and O–H groups in total. The van der Waals surface area contributed by atoms with Crippen LogP contribution in [0.1, 0.15) is 42.2 Å². The molecule has 0 bridgehead atoms. The molecule has 1 saturated carbocycles. The number of fused-ring (bicyclic) bond motifs is 1. The normalized spacial score (nSPS) is 23.8. The molecule has 204 valence electrons. The first kappa shape index (κ1) is 25.7. The predicted octanol–water partition coefficient (Wildman–Crippen LogP) is 2.90. The fourth-order valence-corrected chi connectivity index (χ4v) is 6.24. The van der Waals surface area contributed by atoms with Gasteiger partial charge in [0, 0.05) is 32.3 Å². The largest absolute Gasteiger partial charge is 0.385 e. The number of nitrogens with zero attached hydrogens (tertiary/aromatic N) is 6. The molecule has 10 heteroatoms. The first-order chi connectivity index (χ1) is 19.1. The lowest BCUT2D eigenvalue weighted by molar-refractivity contribution is -0.0893. The molecule has 1 aliphatic carbocycles. The Morgan fingerprint density at radius 2 is 1.97 bits per heavy atom. The number of ether oxygens (including phenoxy) is 1. The molecular formula is C29H35N7O3. The van der Waals surface area contributed by atoms with Gasteiger partial charge in [0.2, 0.25) is 0 Å². The highest BCUT2D eigenvalue weighted by atomic mass is 16.5. The number of hydrogen-bond acceptors (Lipinski definition) is 7. The summed E-state index contributed by atoms with van der Waals surface area (Å²) in [6, 6.07) is 17.4. The van der Waals surface area contributed by atoms with E-state index in [0.29, 0.717) is 38.3 Å². The zero-order valence-electron chi connectivity index (χ0n) is 22.2. The first-order valence-corrected chi connectivity index (χ1v) is 13.7. The van der Waals surface area contributed by atoms with E-state index in [1.807, 2.05) is 68.7 Å². The van der Waals surface area contributed by atoms with Gasteiger partial charge in [-0.2, -0.15) is 0 Å². The van der Waals surface area contributed by atoms with E-state index >= 15 is 0 Å². The maximum Gasteiger partial charge on any atom is 0.275 e. The Hall–Kier alpha value is -3.60. The van der Waals surface area contributed by atoms with Gasteiger partial charge >= 0.3 is 0 Å². The topological polar surface area (TPSA) is 110 Å². The number of methoxy groups -OCH3 is 1. The summed E-state index contributed by atoms with van der Waals surface area (Å²) in [4.78, 5) is 20.9. The lowest BCUT2D eigenvalue weighted by atomic mass is 9.80. The Morgan fingerprint density at radius 1 is 1.15 bits per heavy atom. The van der Waals surface area contributed by atoms with Crippen LogP contribution in [0.4, 0.5) is 0 Å². The molecule has 6 rings (SSSR count). The highest BCUT2D eigenvalue weighted by Gasteiger charge is 2.42. The lowest BCUT2D eigenvalue weighted by Gasteiger charge is -2.41. The van der Waals surface area contributed by atoms with Gasteiger partial charge in [-0.1, -0.05) is 60.5 Å². The number of piperazine rings is 1. The average Bonchev–Trinajstić information content (AvgIpc) is 3.58. The highest BCUT2D eigenvalue weighted by Crippen LogP contribution is 2.41. The smallest absolute Gasteiger partial charge is 0.275 e. The molecule has 39 heavy (non-hydrogen) atoms. The molecule has 1 amide bonds. The minimum absolute atomic E-state index is 0.116. The van der Waals surface area contributed by atoms with Crippen molar-refractivity contribution in [2.45, 2.75) is 49.9 Å². The van der Waals surface area contributed by atoms with Gasteiger partial charge in [0.1, 0.15) is 11.1 Å². The maximum absolute atomic E-state index is 14.3. The Labute approximate surface area is 227 Å². The van der Waals surface area contributed by atoms with Crippen LogP contribution < -0.4 is 5.32 Å². The SMILES string of the molecule is COC[C@]1(O)CCCC[C@H]1n1cnc(C(=O)N2CCNC[C@H]2Cn2nnc3ccccc32)c1-c1ccccc1. The molecular weight excluding hydrogens is 494 g/mol. The van der Waals surface area contributed by atoms with Gasteiger partial charge in [-0.25, -0.2) is 9.67 Å². The number of hydrogen-bond donors (Lipinski definition) is 2. The van der Waals surface area contributed by atoms with Crippen molar-refractivity contribution in [2.75, 3.05) is 33.4 Å². The second-order valence-corrected chi connectivity index (χ2v) is 10.6. The van der Waals surface area contributed by atoms with E-state index in [0.717, 1.165) is 41.6 Å². The van der Waals surface area contributed by atoms with E-state index in [1.54, 1.807) is 13.4 Å². The molecule has 2 aliphatic rings. The number of nitrogens with one attached hydrogen (secondary N) is 1. The van der Waals surface area contributed by atoms with Crippen molar-refractivity contribution >= 4 is 16.9 Å². The number of imidazole rings is 1. The van der Waals surface area contributed by atoms with E-state index in [-0.39, 0.29) is 24.6 Å². The zero-order valence-corrected chi connectivity index (χ0v) is 22.2. The molecule has 10 nitrogen and oxygen atoms in total. The Morgan fingerprint density at radius 3 is 2.82 bits per heavy atom. The molecule has 3 atom stereocenters. The number of carbonyl (C=O) groups is 1. The van der Waals surface area contributed by atoms with E-state index in [4.69, 9.17) is 9.72 Å². The number of para-hydroxylation sites is 1. The van der Waals surface area contributed by atoms with Crippen molar-refractivity contribution < 1.29 is 14.6 Å². The summed E-state index contributed by atoms with van der Waals surface area (Å²) in [6.45, 7) is 2.68. The average molecular weight is 530 g/mol. The Bertz CT molecular complexity index is 1430. The number of aliphatic hydroxyl groups is 1. The Kier molecular flexibility index (Phi) is 7.16. The minimum Gasteiger partial charge on any atom is -0.385 e. The van der Waals surface area contributed by atoms with Crippen molar-refractivity contribution in [2.24, 2.45) is 0 Å². The van der Waals surface area contributed by atoms with E-state index in [9.17, 15) is 9.90 Å². The predicted molar refractivity (Wildman–Crippen MR) is 147 cm³/mol. The standard InChI is InChI=1S/C29H35N7O3/c1-39-19-29(38)14-8-7-13-25(29)35-20-31-26(27(35)21-9-3-2-4-10-21)28(37)34-16-15-30-17-22(34)18-36-24-12-6-5-11-23(24)32-33-36/h2-6,9-12,20,22,25,30,38H,7-8,13-19H2,1H3/t22-,25+,29+/m0/s1. The van der Waals surface area contributed by atoms with Crippen molar-refractivity contribution in [1.82, 2.24) is 34.8 Å². The van der Waals surface area contributed by atoms with Crippen molar-refractivity contribution in [3.8, 4) is 11.3 Å². The molecule has 2 aromatic heterocycles. The van der Waals surface area contributed by atoms with E-state index in [1.165, 1.54) is 0 Å². The van der Waals surface area contributed by atoms with Crippen LogP contribution >= 0.6 is 0 Å². The summed E-state index contributed by atoms with van der Waals surface area (Å²) < 4.78 is 9.34. The number of carbonyl (C=O) groups excluding carboxylic acids is 1. The second-order valence-electron chi connectivity index (χ2n) is 10.6. The van der Waals surface area contributed by atoms with Gasteiger partial charge in [0.05, 0.1) is 42.8 Å². The highest BCUT2D eigenvalue weighted by molar-refractivity contribution is 5.98. The van der Waals surface area contributed by atoms with Crippen molar-refractivity contribution in [1.29, 1.82) is 0 Å². The van der Waals surface area contributed by atoms with Crippen molar-refractivity contribution in [3.05, 3.63) is 66.6 Å². The zero-order chi connectivity index (χ0) is 26.8. The quantitative estimate of drug-likeness (QED) is 0.379. The van der Waals surface area contributed by atoms with Crippen LogP contribution in [-0.4, -0.2) is 85.5 Å². The third-order valence-electron chi connectivity index (χ3n) is 8.15. The number of benzene rings is 2. The fraction of sp³-hybridized carbons (Fsp3) is 0.448. The fourth-order valence-electron chi connectivity index (χ4n) is 6.24. The molecule has 1 aliphatic heterocycles. The minimum atomic E-state index is -1.02. The third-order valence-corrected chi connectivity index (χ3v) is 8.15. The molecule has 1 saturated heterocycles. The van der Waals surface area contributed by atoms with Crippen LogP contribution in [0.2, 0.25) is 0 Å². The third kappa shape index (κ3) is 4.84. The summed E-state index contributed by atoms with van der Waals surface area (Å²) in [7, 11) is 1.62. The van der Waals surface area contributed by atoms with Crippen LogP contribution in [0.3, 0.4) is 0 Å².